The van der Waals surface area contributed by atoms with Gasteiger partial charge >= 0.3 is 0 Å². The first-order valence-corrected chi connectivity index (χ1v) is 12.5. The van der Waals surface area contributed by atoms with Gasteiger partial charge in [0.25, 0.3) is 5.91 Å². The largest absolute Gasteiger partial charge is 0.489 e. The average Bonchev–Trinajstić information content (AvgIpc) is 3.11. The first kappa shape index (κ1) is 26.4. The van der Waals surface area contributed by atoms with E-state index < -0.39 is 0 Å². The van der Waals surface area contributed by atoms with E-state index in [1.54, 1.807) is 16.8 Å². The van der Waals surface area contributed by atoms with Crippen molar-refractivity contribution >= 4 is 23.2 Å². The van der Waals surface area contributed by atoms with Gasteiger partial charge in [-0.25, -0.2) is 4.39 Å². The summed E-state index contributed by atoms with van der Waals surface area (Å²) in [6.45, 7) is 11.0. The molecule has 0 aliphatic carbocycles. The van der Waals surface area contributed by atoms with E-state index in [-0.39, 0.29) is 17.1 Å². The molecule has 3 aromatic carbocycles. The SMILES string of the molecule is Cc1nn(Cc2ccc(F)cc2Cl)c(C)c1NC(=O)c1cccc(COc2ccc(C(C)(C)C)cc2)c1. The number of halogens is 2. The van der Waals surface area contributed by atoms with Gasteiger partial charge in [-0.3, -0.25) is 9.48 Å². The molecule has 0 radical (unpaired) electrons. The molecule has 0 saturated heterocycles. The van der Waals surface area contributed by atoms with Gasteiger partial charge in [-0.2, -0.15) is 5.10 Å². The van der Waals surface area contributed by atoms with Crippen LogP contribution in [0.25, 0.3) is 0 Å². The monoisotopic (exact) mass is 519 g/mol. The molecule has 0 atom stereocenters. The Balaban J connectivity index is 1.43. The summed E-state index contributed by atoms with van der Waals surface area (Å²) < 4.78 is 21.1. The first-order valence-electron chi connectivity index (χ1n) is 12.1. The standard InChI is InChI=1S/C30H31ClFN3O2/c1-19-28(20(2)35(34-19)17-23-9-12-25(32)16-27(23)31)33-29(36)22-8-6-7-21(15-22)18-37-26-13-10-24(11-14-26)30(3,4)5/h6-16H,17-18H2,1-5H3,(H,33,36). The number of benzene rings is 3. The molecule has 1 heterocycles. The summed E-state index contributed by atoms with van der Waals surface area (Å²) in [4.78, 5) is 13.1. The van der Waals surface area contributed by atoms with Crippen molar-refractivity contribution in [1.29, 1.82) is 0 Å². The highest BCUT2D eigenvalue weighted by Gasteiger charge is 2.17. The van der Waals surface area contributed by atoms with Gasteiger partial charge in [-0.05, 0) is 72.4 Å². The Kier molecular flexibility index (Phi) is 7.69. The van der Waals surface area contributed by atoms with E-state index in [1.807, 2.05) is 44.2 Å². The predicted molar refractivity (Wildman–Crippen MR) is 146 cm³/mol. The normalized spacial score (nSPS) is 11.4. The van der Waals surface area contributed by atoms with Crippen molar-refractivity contribution in [3.8, 4) is 5.75 Å². The fraction of sp³-hybridized carbons (Fsp3) is 0.267. The van der Waals surface area contributed by atoms with E-state index in [0.717, 1.165) is 22.6 Å². The average molecular weight is 520 g/mol. The number of carbonyl (C=O) groups is 1. The third kappa shape index (κ3) is 6.38. The van der Waals surface area contributed by atoms with Crippen molar-refractivity contribution in [2.24, 2.45) is 0 Å². The van der Waals surface area contributed by atoms with E-state index in [1.165, 1.54) is 17.7 Å². The summed E-state index contributed by atoms with van der Waals surface area (Å²) in [6, 6.07) is 19.8. The van der Waals surface area contributed by atoms with Crippen LogP contribution in [0, 0.1) is 19.7 Å². The second kappa shape index (κ2) is 10.8. The number of hydrogen-bond donors (Lipinski definition) is 1. The molecular weight excluding hydrogens is 489 g/mol. The summed E-state index contributed by atoms with van der Waals surface area (Å²) in [5, 5.41) is 7.87. The highest BCUT2D eigenvalue weighted by atomic mass is 35.5. The van der Waals surface area contributed by atoms with E-state index in [2.05, 4.69) is 43.3 Å². The highest BCUT2D eigenvalue weighted by Crippen LogP contribution is 2.26. The predicted octanol–water partition coefficient (Wildman–Crippen LogP) is 7.47. The molecular formula is C30H31ClFN3O2. The minimum atomic E-state index is -0.388. The number of amides is 1. The van der Waals surface area contributed by atoms with Crippen LogP contribution in [0.4, 0.5) is 10.1 Å². The van der Waals surface area contributed by atoms with Crippen molar-refractivity contribution in [3.63, 3.8) is 0 Å². The molecule has 5 nitrogen and oxygen atoms in total. The molecule has 0 saturated carbocycles. The van der Waals surface area contributed by atoms with Crippen LogP contribution >= 0.6 is 11.6 Å². The number of rotatable bonds is 7. The molecule has 0 aliphatic heterocycles. The van der Waals surface area contributed by atoms with Crippen LogP contribution in [0.1, 0.15) is 59.2 Å². The van der Waals surface area contributed by atoms with Crippen LogP contribution in [-0.4, -0.2) is 15.7 Å². The zero-order valence-electron chi connectivity index (χ0n) is 21.7. The first-order chi connectivity index (χ1) is 17.5. The lowest BCUT2D eigenvalue weighted by Gasteiger charge is -2.19. The fourth-order valence-corrected chi connectivity index (χ4v) is 4.28. The summed E-state index contributed by atoms with van der Waals surface area (Å²) in [6.07, 6.45) is 0. The summed E-state index contributed by atoms with van der Waals surface area (Å²) in [5.41, 5.74) is 5.59. The molecule has 1 amide bonds. The number of anilines is 1. The van der Waals surface area contributed by atoms with Gasteiger partial charge in [0.2, 0.25) is 0 Å². The van der Waals surface area contributed by atoms with Crippen molar-refractivity contribution in [2.75, 3.05) is 5.32 Å². The number of hydrogen-bond acceptors (Lipinski definition) is 3. The lowest BCUT2D eigenvalue weighted by atomic mass is 9.87. The van der Waals surface area contributed by atoms with E-state index in [9.17, 15) is 9.18 Å². The number of nitrogens with zero attached hydrogens (tertiary/aromatic N) is 2. The van der Waals surface area contributed by atoms with Gasteiger partial charge in [-0.15, -0.1) is 0 Å². The number of nitrogens with one attached hydrogen (secondary N) is 1. The molecule has 1 aromatic heterocycles. The van der Waals surface area contributed by atoms with Gasteiger partial charge in [0.05, 0.1) is 23.6 Å². The summed E-state index contributed by atoms with van der Waals surface area (Å²) in [5.74, 6) is 0.158. The molecule has 7 heteroatoms. The summed E-state index contributed by atoms with van der Waals surface area (Å²) >= 11 is 6.19. The lowest BCUT2D eigenvalue weighted by Crippen LogP contribution is -2.14. The van der Waals surface area contributed by atoms with Crippen LogP contribution in [0.2, 0.25) is 5.02 Å². The Labute approximate surface area is 222 Å². The van der Waals surface area contributed by atoms with Gasteiger partial charge in [-0.1, -0.05) is 62.7 Å². The second-order valence-corrected chi connectivity index (χ2v) is 10.6. The van der Waals surface area contributed by atoms with Gasteiger partial charge < -0.3 is 10.1 Å². The lowest BCUT2D eigenvalue weighted by molar-refractivity contribution is 0.102. The molecule has 37 heavy (non-hydrogen) atoms. The molecule has 4 rings (SSSR count). The van der Waals surface area contributed by atoms with Crippen LogP contribution < -0.4 is 10.1 Å². The Morgan fingerprint density at radius 1 is 1.05 bits per heavy atom. The molecule has 0 spiro atoms. The highest BCUT2D eigenvalue weighted by molar-refractivity contribution is 6.31. The smallest absolute Gasteiger partial charge is 0.255 e. The maximum atomic E-state index is 13.4. The zero-order chi connectivity index (χ0) is 26.7. The molecule has 1 N–H and O–H groups in total. The van der Waals surface area contributed by atoms with Gasteiger partial charge in [0.15, 0.2) is 0 Å². The van der Waals surface area contributed by atoms with Crippen LogP contribution in [-0.2, 0) is 18.6 Å². The van der Waals surface area contributed by atoms with Gasteiger partial charge in [0, 0.05) is 10.6 Å². The maximum Gasteiger partial charge on any atom is 0.255 e. The summed E-state index contributed by atoms with van der Waals surface area (Å²) in [7, 11) is 0. The van der Waals surface area contributed by atoms with Crippen molar-refractivity contribution in [3.05, 3.63) is 111 Å². The minimum Gasteiger partial charge on any atom is -0.489 e. The Morgan fingerprint density at radius 2 is 1.78 bits per heavy atom. The maximum absolute atomic E-state index is 13.4. The number of aromatic nitrogens is 2. The fourth-order valence-electron chi connectivity index (χ4n) is 4.05. The Morgan fingerprint density at radius 3 is 2.46 bits per heavy atom. The number of carbonyl (C=O) groups excluding carboxylic acids is 1. The molecule has 0 aliphatic rings. The van der Waals surface area contributed by atoms with E-state index >= 15 is 0 Å². The molecule has 0 unspecified atom stereocenters. The number of ether oxygens (including phenoxy) is 1. The van der Waals surface area contributed by atoms with Crippen LogP contribution in [0.15, 0.2) is 66.7 Å². The molecule has 4 aromatic rings. The zero-order valence-corrected chi connectivity index (χ0v) is 22.5. The quantitative estimate of drug-likeness (QED) is 0.275. The van der Waals surface area contributed by atoms with Crippen molar-refractivity contribution < 1.29 is 13.9 Å². The Bertz CT molecular complexity index is 1420. The van der Waals surface area contributed by atoms with Crippen LogP contribution in [0.3, 0.4) is 0 Å². The van der Waals surface area contributed by atoms with Crippen molar-refractivity contribution in [2.45, 2.75) is 53.2 Å². The topological polar surface area (TPSA) is 56.2 Å². The number of aryl methyl sites for hydroxylation is 1. The Hall–Kier alpha value is -3.64. The molecule has 0 fully saturated rings. The van der Waals surface area contributed by atoms with Crippen LogP contribution in [0.5, 0.6) is 5.75 Å². The molecule has 192 valence electrons. The molecule has 0 bridgehead atoms. The third-order valence-electron chi connectivity index (χ3n) is 6.27. The van der Waals surface area contributed by atoms with E-state index in [0.29, 0.717) is 35.1 Å². The third-order valence-corrected chi connectivity index (χ3v) is 6.62. The van der Waals surface area contributed by atoms with Crippen molar-refractivity contribution in [1.82, 2.24) is 9.78 Å². The van der Waals surface area contributed by atoms with E-state index in [4.69, 9.17) is 16.3 Å². The van der Waals surface area contributed by atoms with Gasteiger partial charge in [0.1, 0.15) is 18.2 Å². The minimum absolute atomic E-state index is 0.0848. The second-order valence-electron chi connectivity index (χ2n) is 10.2.